The number of aryl methyl sites for hydroxylation is 1. The van der Waals surface area contributed by atoms with Crippen LogP contribution in [0.25, 0.3) is 11.5 Å². The van der Waals surface area contributed by atoms with Crippen LogP contribution >= 0.6 is 0 Å². The largest absolute Gasteiger partial charge is 0.479 e. The smallest absolute Gasteiger partial charge is 0.331 e. The SMILES string of the molecule is CCC(CC)(C(=O)O)n1nnnc1-c1ccn(C)n1. The van der Waals surface area contributed by atoms with Gasteiger partial charge in [0.1, 0.15) is 5.69 Å². The minimum atomic E-state index is -1.14. The zero-order valence-corrected chi connectivity index (χ0v) is 11.1. The molecule has 0 fully saturated rings. The van der Waals surface area contributed by atoms with Crippen LogP contribution in [0, 0.1) is 0 Å². The highest BCUT2D eigenvalue weighted by Crippen LogP contribution is 2.28. The third kappa shape index (κ3) is 1.98. The zero-order chi connectivity index (χ0) is 14.0. The van der Waals surface area contributed by atoms with Crippen molar-refractivity contribution in [1.29, 1.82) is 0 Å². The van der Waals surface area contributed by atoms with Crippen molar-refractivity contribution >= 4 is 5.97 Å². The molecule has 2 rings (SSSR count). The Hall–Kier alpha value is -2.25. The van der Waals surface area contributed by atoms with Gasteiger partial charge in [-0.15, -0.1) is 5.10 Å². The molecule has 102 valence electrons. The molecule has 0 bridgehead atoms. The normalized spacial score (nSPS) is 11.7. The molecule has 0 amide bonds. The van der Waals surface area contributed by atoms with Gasteiger partial charge in [-0.05, 0) is 29.3 Å². The highest BCUT2D eigenvalue weighted by molar-refractivity contribution is 5.77. The third-order valence-corrected chi connectivity index (χ3v) is 3.39. The summed E-state index contributed by atoms with van der Waals surface area (Å²) in [6, 6.07) is 1.75. The molecule has 0 saturated carbocycles. The fourth-order valence-electron chi connectivity index (χ4n) is 2.11. The summed E-state index contributed by atoms with van der Waals surface area (Å²) < 4.78 is 2.98. The Morgan fingerprint density at radius 2 is 2.11 bits per heavy atom. The number of carboxylic acids is 1. The number of rotatable bonds is 5. The van der Waals surface area contributed by atoms with Crippen LogP contribution in [-0.2, 0) is 17.4 Å². The van der Waals surface area contributed by atoms with Crippen LogP contribution < -0.4 is 0 Å². The molecule has 0 radical (unpaired) electrons. The number of carbonyl (C=O) groups is 1. The molecule has 2 aromatic rings. The molecule has 0 aliphatic carbocycles. The average Bonchev–Trinajstić information content (AvgIpc) is 3.00. The summed E-state index contributed by atoms with van der Waals surface area (Å²) in [4.78, 5) is 11.6. The lowest BCUT2D eigenvalue weighted by Gasteiger charge is -2.27. The molecule has 1 N–H and O–H groups in total. The summed E-state index contributed by atoms with van der Waals surface area (Å²) in [5.74, 6) is -0.575. The van der Waals surface area contributed by atoms with Crippen LogP contribution in [0.4, 0.5) is 0 Å². The van der Waals surface area contributed by atoms with Crippen molar-refractivity contribution in [1.82, 2.24) is 30.0 Å². The van der Waals surface area contributed by atoms with Crippen LogP contribution in [0.2, 0.25) is 0 Å². The van der Waals surface area contributed by atoms with E-state index in [1.54, 1.807) is 24.0 Å². The molecule has 0 unspecified atom stereocenters. The summed E-state index contributed by atoms with van der Waals surface area (Å²) >= 11 is 0. The van der Waals surface area contributed by atoms with Gasteiger partial charge in [0, 0.05) is 13.2 Å². The Balaban J connectivity index is 2.57. The minimum absolute atomic E-state index is 0.367. The molecule has 0 aliphatic rings. The number of aromatic nitrogens is 6. The Kier molecular flexibility index (Phi) is 3.32. The molecule has 8 heteroatoms. The fraction of sp³-hybridized carbons (Fsp3) is 0.545. The monoisotopic (exact) mass is 264 g/mol. The lowest BCUT2D eigenvalue weighted by molar-refractivity contribution is -0.148. The van der Waals surface area contributed by atoms with Crippen molar-refractivity contribution < 1.29 is 9.90 Å². The van der Waals surface area contributed by atoms with Gasteiger partial charge in [0.05, 0.1) is 0 Å². The number of carboxylic acid groups (broad SMARTS) is 1. The highest BCUT2D eigenvalue weighted by Gasteiger charge is 2.40. The summed E-state index contributed by atoms with van der Waals surface area (Å²) in [5, 5.41) is 25.1. The zero-order valence-electron chi connectivity index (χ0n) is 11.1. The third-order valence-electron chi connectivity index (χ3n) is 3.39. The van der Waals surface area contributed by atoms with E-state index in [2.05, 4.69) is 20.6 Å². The maximum absolute atomic E-state index is 11.6. The van der Waals surface area contributed by atoms with Crippen LogP contribution in [0.3, 0.4) is 0 Å². The molecule has 0 spiro atoms. The van der Waals surface area contributed by atoms with E-state index < -0.39 is 11.5 Å². The Bertz CT molecular complexity index is 584. The molecule has 0 aliphatic heterocycles. The Labute approximate surface area is 110 Å². The van der Waals surface area contributed by atoms with Gasteiger partial charge in [-0.25, -0.2) is 9.48 Å². The van der Waals surface area contributed by atoms with E-state index in [0.29, 0.717) is 24.4 Å². The Morgan fingerprint density at radius 1 is 1.42 bits per heavy atom. The molecule has 2 aromatic heterocycles. The first-order valence-electron chi connectivity index (χ1n) is 6.07. The second-order valence-electron chi connectivity index (χ2n) is 4.33. The topological polar surface area (TPSA) is 98.7 Å². The summed E-state index contributed by atoms with van der Waals surface area (Å²) in [7, 11) is 1.78. The molecular weight excluding hydrogens is 248 g/mol. The van der Waals surface area contributed by atoms with Crippen molar-refractivity contribution in [2.75, 3.05) is 0 Å². The minimum Gasteiger partial charge on any atom is -0.479 e. The van der Waals surface area contributed by atoms with Crippen LogP contribution in [0.15, 0.2) is 12.3 Å². The van der Waals surface area contributed by atoms with Crippen LogP contribution in [0.5, 0.6) is 0 Å². The summed E-state index contributed by atoms with van der Waals surface area (Å²) in [5.41, 5.74) is -0.587. The second kappa shape index (κ2) is 4.79. The van der Waals surface area contributed by atoms with Crippen molar-refractivity contribution in [3.8, 4) is 11.5 Å². The second-order valence-corrected chi connectivity index (χ2v) is 4.33. The van der Waals surface area contributed by atoms with E-state index in [4.69, 9.17) is 0 Å². The van der Waals surface area contributed by atoms with Gasteiger partial charge in [0.2, 0.25) is 5.82 Å². The van der Waals surface area contributed by atoms with Crippen molar-refractivity contribution in [3.63, 3.8) is 0 Å². The lowest BCUT2D eigenvalue weighted by Crippen LogP contribution is -2.42. The average molecular weight is 264 g/mol. The quantitative estimate of drug-likeness (QED) is 0.852. The van der Waals surface area contributed by atoms with Crippen LogP contribution in [0.1, 0.15) is 26.7 Å². The van der Waals surface area contributed by atoms with E-state index in [-0.39, 0.29) is 0 Å². The number of hydrogen-bond acceptors (Lipinski definition) is 5. The lowest BCUT2D eigenvalue weighted by atomic mass is 9.93. The molecule has 0 saturated heterocycles. The molecule has 19 heavy (non-hydrogen) atoms. The van der Waals surface area contributed by atoms with Gasteiger partial charge in [-0.1, -0.05) is 13.8 Å². The van der Waals surface area contributed by atoms with E-state index >= 15 is 0 Å². The first-order chi connectivity index (χ1) is 9.05. The Morgan fingerprint density at radius 3 is 2.58 bits per heavy atom. The summed E-state index contributed by atoms with van der Waals surface area (Å²) in [6.45, 7) is 3.61. The van der Waals surface area contributed by atoms with E-state index in [1.807, 2.05) is 13.8 Å². The van der Waals surface area contributed by atoms with Crippen molar-refractivity contribution in [2.45, 2.75) is 32.2 Å². The van der Waals surface area contributed by atoms with Gasteiger partial charge < -0.3 is 5.11 Å². The van der Waals surface area contributed by atoms with Crippen LogP contribution in [-0.4, -0.2) is 41.1 Å². The molecule has 0 atom stereocenters. The molecule has 2 heterocycles. The molecular formula is C11H16N6O2. The fourth-order valence-corrected chi connectivity index (χ4v) is 2.11. The predicted molar refractivity (Wildman–Crippen MR) is 66.2 cm³/mol. The maximum atomic E-state index is 11.6. The first kappa shape index (κ1) is 13.2. The van der Waals surface area contributed by atoms with Gasteiger partial charge in [-0.2, -0.15) is 5.10 Å². The highest BCUT2D eigenvalue weighted by atomic mass is 16.4. The van der Waals surface area contributed by atoms with Crippen molar-refractivity contribution in [2.24, 2.45) is 7.05 Å². The number of tetrazole rings is 1. The van der Waals surface area contributed by atoms with E-state index in [1.165, 1.54) is 4.68 Å². The number of nitrogens with zero attached hydrogens (tertiary/aromatic N) is 6. The van der Waals surface area contributed by atoms with Gasteiger partial charge in [-0.3, -0.25) is 4.68 Å². The summed E-state index contributed by atoms with van der Waals surface area (Å²) in [6.07, 6.45) is 2.54. The first-order valence-corrected chi connectivity index (χ1v) is 6.07. The van der Waals surface area contributed by atoms with Gasteiger partial charge in [0.25, 0.3) is 0 Å². The predicted octanol–water partition coefficient (Wildman–Crippen LogP) is 0.673. The van der Waals surface area contributed by atoms with E-state index in [9.17, 15) is 9.90 Å². The number of aliphatic carboxylic acids is 1. The maximum Gasteiger partial charge on any atom is 0.331 e. The standard InChI is InChI=1S/C11H16N6O2/c1-4-11(5-2,10(18)19)17-9(12-14-15-17)8-6-7-16(3)13-8/h6-7H,4-5H2,1-3H3,(H,18,19). The van der Waals surface area contributed by atoms with Crippen molar-refractivity contribution in [3.05, 3.63) is 12.3 Å². The van der Waals surface area contributed by atoms with Gasteiger partial charge in [0.15, 0.2) is 5.54 Å². The van der Waals surface area contributed by atoms with E-state index in [0.717, 1.165) is 0 Å². The van der Waals surface area contributed by atoms with Gasteiger partial charge >= 0.3 is 5.97 Å². The number of hydrogen-bond donors (Lipinski definition) is 1. The molecule has 8 nitrogen and oxygen atoms in total. The molecule has 0 aromatic carbocycles.